The predicted molar refractivity (Wildman–Crippen MR) is 55.8 cm³/mol. The van der Waals surface area contributed by atoms with Crippen LogP contribution in [0.3, 0.4) is 0 Å². The van der Waals surface area contributed by atoms with E-state index in [2.05, 4.69) is 11.6 Å². The van der Waals surface area contributed by atoms with Crippen LogP contribution in [0.1, 0.15) is 18.1 Å². The van der Waals surface area contributed by atoms with Crippen LogP contribution in [0.4, 0.5) is 0 Å². The average molecular weight is 188 g/mol. The molecule has 0 saturated heterocycles. The van der Waals surface area contributed by atoms with Gasteiger partial charge in [-0.3, -0.25) is 0 Å². The summed E-state index contributed by atoms with van der Waals surface area (Å²) in [5.41, 5.74) is 3.78. The van der Waals surface area contributed by atoms with Crippen molar-refractivity contribution in [3.05, 3.63) is 42.5 Å². The second kappa shape index (κ2) is 3.27. The van der Waals surface area contributed by atoms with Gasteiger partial charge < -0.3 is 9.51 Å². The molecule has 14 heavy (non-hydrogen) atoms. The quantitative estimate of drug-likeness (QED) is 0.781. The number of pyridine rings is 1. The van der Waals surface area contributed by atoms with Crippen molar-refractivity contribution in [3.8, 4) is 0 Å². The minimum absolute atomic E-state index is 0.0121. The summed E-state index contributed by atoms with van der Waals surface area (Å²) < 4.78 is 1.89. The van der Waals surface area contributed by atoms with Gasteiger partial charge in [0.05, 0.1) is 24.6 Å². The van der Waals surface area contributed by atoms with Crippen LogP contribution < -0.4 is 0 Å². The Labute approximate surface area is 82.3 Å². The summed E-state index contributed by atoms with van der Waals surface area (Å²) >= 11 is 0. The van der Waals surface area contributed by atoms with E-state index < -0.39 is 0 Å². The van der Waals surface area contributed by atoms with Crippen molar-refractivity contribution in [2.75, 3.05) is 0 Å². The normalized spacial score (nSPS) is 10.7. The van der Waals surface area contributed by atoms with Crippen LogP contribution in [-0.4, -0.2) is 14.5 Å². The SMILES string of the molecule is C=C(C)c1ccn2cncc2c1CO. The van der Waals surface area contributed by atoms with E-state index in [9.17, 15) is 5.11 Å². The first-order valence-electron chi connectivity index (χ1n) is 4.44. The van der Waals surface area contributed by atoms with Gasteiger partial charge in [0.1, 0.15) is 0 Å². The third kappa shape index (κ3) is 1.22. The molecule has 0 aliphatic carbocycles. The lowest BCUT2D eigenvalue weighted by Crippen LogP contribution is -1.96. The van der Waals surface area contributed by atoms with Gasteiger partial charge in [0.25, 0.3) is 0 Å². The lowest BCUT2D eigenvalue weighted by Gasteiger charge is -2.08. The maximum absolute atomic E-state index is 9.30. The maximum atomic E-state index is 9.30. The Morgan fingerprint density at radius 1 is 1.64 bits per heavy atom. The van der Waals surface area contributed by atoms with Crippen molar-refractivity contribution >= 4 is 11.1 Å². The highest BCUT2D eigenvalue weighted by Crippen LogP contribution is 2.21. The number of allylic oxidation sites excluding steroid dienone is 1. The van der Waals surface area contributed by atoms with Gasteiger partial charge in [0, 0.05) is 11.8 Å². The molecule has 0 aliphatic heterocycles. The number of aromatic nitrogens is 2. The average Bonchev–Trinajstić information content (AvgIpc) is 2.63. The molecule has 0 unspecified atom stereocenters. The first-order valence-corrected chi connectivity index (χ1v) is 4.44. The fraction of sp³-hybridized carbons (Fsp3) is 0.182. The zero-order valence-corrected chi connectivity index (χ0v) is 8.07. The summed E-state index contributed by atoms with van der Waals surface area (Å²) in [4.78, 5) is 4.03. The van der Waals surface area contributed by atoms with Crippen LogP contribution in [-0.2, 0) is 6.61 Å². The Kier molecular flexibility index (Phi) is 2.09. The van der Waals surface area contributed by atoms with E-state index in [-0.39, 0.29) is 6.61 Å². The Balaban J connectivity index is 2.78. The molecule has 2 aromatic rings. The molecule has 0 aromatic carbocycles. The van der Waals surface area contributed by atoms with Gasteiger partial charge in [0.2, 0.25) is 0 Å². The molecule has 0 radical (unpaired) electrons. The van der Waals surface area contributed by atoms with Crippen LogP contribution in [0.5, 0.6) is 0 Å². The molecule has 2 aromatic heterocycles. The molecule has 0 aliphatic rings. The number of rotatable bonds is 2. The van der Waals surface area contributed by atoms with Crippen molar-refractivity contribution < 1.29 is 5.11 Å². The number of aliphatic hydroxyl groups is 1. The van der Waals surface area contributed by atoms with Crippen molar-refractivity contribution in [2.24, 2.45) is 0 Å². The summed E-state index contributed by atoms with van der Waals surface area (Å²) in [6.07, 6.45) is 5.39. The van der Waals surface area contributed by atoms with Gasteiger partial charge in [-0.25, -0.2) is 4.98 Å². The summed E-state index contributed by atoms with van der Waals surface area (Å²) in [6.45, 7) is 5.83. The Bertz CT molecular complexity index is 485. The topological polar surface area (TPSA) is 37.5 Å². The van der Waals surface area contributed by atoms with E-state index in [1.54, 1.807) is 12.5 Å². The Morgan fingerprint density at radius 3 is 3.07 bits per heavy atom. The highest BCUT2D eigenvalue weighted by atomic mass is 16.3. The molecule has 0 spiro atoms. The molecular weight excluding hydrogens is 176 g/mol. The summed E-state index contributed by atoms with van der Waals surface area (Å²) in [5, 5.41) is 9.30. The molecule has 3 heteroatoms. The van der Waals surface area contributed by atoms with E-state index in [1.807, 2.05) is 23.6 Å². The van der Waals surface area contributed by atoms with Gasteiger partial charge in [-0.15, -0.1) is 0 Å². The van der Waals surface area contributed by atoms with Gasteiger partial charge >= 0.3 is 0 Å². The van der Waals surface area contributed by atoms with Crippen LogP contribution in [0.25, 0.3) is 11.1 Å². The van der Waals surface area contributed by atoms with E-state index in [4.69, 9.17) is 0 Å². The first-order chi connectivity index (χ1) is 6.74. The highest BCUT2D eigenvalue weighted by molar-refractivity contribution is 5.71. The third-order valence-electron chi connectivity index (χ3n) is 2.32. The second-order valence-corrected chi connectivity index (χ2v) is 3.33. The molecule has 0 bridgehead atoms. The number of fused-ring (bicyclic) bond motifs is 1. The Hall–Kier alpha value is -1.61. The minimum atomic E-state index is 0.0121. The standard InChI is InChI=1S/C11H12N2O/c1-8(2)9-3-4-13-7-12-5-11(13)10(9)6-14/h3-5,7,14H,1,6H2,2H3. The van der Waals surface area contributed by atoms with Crippen LogP contribution in [0.2, 0.25) is 0 Å². The zero-order chi connectivity index (χ0) is 10.1. The van der Waals surface area contributed by atoms with Crippen molar-refractivity contribution in [2.45, 2.75) is 13.5 Å². The lowest BCUT2D eigenvalue weighted by atomic mass is 10.0. The monoisotopic (exact) mass is 188 g/mol. The van der Waals surface area contributed by atoms with E-state index in [1.165, 1.54) is 0 Å². The van der Waals surface area contributed by atoms with Gasteiger partial charge in [-0.1, -0.05) is 12.2 Å². The molecule has 2 heterocycles. The van der Waals surface area contributed by atoms with Gasteiger partial charge in [0.15, 0.2) is 0 Å². The molecule has 0 amide bonds. The van der Waals surface area contributed by atoms with Crippen LogP contribution in [0, 0.1) is 0 Å². The van der Waals surface area contributed by atoms with E-state index >= 15 is 0 Å². The molecule has 0 atom stereocenters. The van der Waals surface area contributed by atoms with Crippen molar-refractivity contribution in [3.63, 3.8) is 0 Å². The number of imidazole rings is 1. The van der Waals surface area contributed by atoms with Gasteiger partial charge in [-0.05, 0) is 18.6 Å². The minimum Gasteiger partial charge on any atom is -0.392 e. The fourth-order valence-electron chi connectivity index (χ4n) is 1.62. The molecule has 0 saturated carbocycles. The Morgan fingerprint density at radius 2 is 2.43 bits per heavy atom. The smallest absolute Gasteiger partial charge is 0.0992 e. The van der Waals surface area contributed by atoms with Crippen LogP contribution >= 0.6 is 0 Å². The lowest BCUT2D eigenvalue weighted by molar-refractivity contribution is 0.282. The summed E-state index contributed by atoms with van der Waals surface area (Å²) in [7, 11) is 0. The van der Waals surface area contributed by atoms with Crippen LogP contribution in [0.15, 0.2) is 31.4 Å². The molecule has 1 N–H and O–H groups in total. The molecule has 3 nitrogen and oxygen atoms in total. The van der Waals surface area contributed by atoms with E-state index in [0.717, 1.165) is 22.2 Å². The van der Waals surface area contributed by atoms with E-state index in [0.29, 0.717) is 0 Å². The molecule has 2 rings (SSSR count). The number of nitrogens with zero attached hydrogens (tertiary/aromatic N) is 2. The largest absolute Gasteiger partial charge is 0.392 e. The molecular formula is C11H12N2O. The number of hydrogen-bond acceptors (Lipinski definition) is 2. The second-order valence-electron chi connectivity index (χ2n) is 3.33. The van der Waals surface area contributed by atoms with Crippen molar-refractivity contribution in [1.82, 2.24) is 9.38 Å². The molecule has 72 valence electrons. The fourth-order valence-corrected chi connectivity index (χ4v) is 1.62. The zero-order valence-electron chi connectivity index (χ0n) is 8.07. The first kappa shape index (κ1) is 8.97. The third-order valence-corrected chi connectivity index (χ3v) is 2.32. The maximum Gasteiger partial charge on any atom is 0.0992 e. The number of hydrogen-bond donors (Lipinski definition) is 1. The van der Waals surface area contributed by atoms with Crippen molar-refractivity contribution in [1.29, 1.82) is 0 Å². The predicted octanol–water partition coefficient (Wildman–Crippen LogP) is 1.86. The summed E-state index contributed by atoms with van der Waals surface area (Å²) in [6, 6.07) is 1.95. The number of aliphatic hydroxyl groups excluding tert-OH is 1. The highest BCUT2D eigenvalue weighted by Gasteiger charge is 2.07. The molecule has 0 fully saturated rings. The van der Waals surface area contributed by atoms with Gasteiger partial charge in [-0.2, -0.15) is 0 Å². The summed E-state index contributed by atoms with van der Waals surface area (Å²) in [5.74, 6) is 0.